The molecular formula is C23H25N3O3. The van der Waals surface area contributed by atoms with E-state index in [1.807, 2.05) is 18.2 Å². The first-order valence-corrected chi connectivity index (χ1v) is 10.5. The molecule has 1 saturated carbocycles. The fourth-order valence-electron chi connectivity index (χ4n) is 5.16. The summed E-state index contributed by atoms with van der Waals surface area (Å²) in [6, 6.07) is 9.87. The number of aryl methyl sites for hydroxylation is 2. The third-order valence-corrected chi connectivity index (χ3v) is 6.67. The Labute approximate surface area is 169 Å². The predicted molar refractivity (Wildman–Crippen MR) is 111 cm³/mol. The summed E-state index contributed by atoms with van der Waals surface area (Å²) in [5.74, 6) is -0.353. The topological polar surface area (TPSA) is 78.5 Å². The summed E-state index contributed by atoms with van der Waals surface area (Å²) in [4.78, 5) is 39.0. The highest BCUT2D eigenvalue weighted by Gasteiger charge is 2.51. The molecule has 0 unspecified atom stereocenters. The lowest BCUT2D eigenvalue weighted by atomic mass is 9.82. The lowest BCUT2D eigenvalue weighted by Gasteiger charge is -2.30. The van der Waals surface area contributed by atoms with Crippen LogP contribution in [0, 0.1) is 0 Å². The standard InChI is InChI=1S/C23H25N3O3/c27-19(11-14-26-21(28)23(25-22(26)29)12-2-1-3-13-23)24-18-10-9-16-8-7-15-5-4-6-17(18)20(15)16/h4-6,9-10H,1-3,7-8,11-14H2,(H,24,27)(H,25,29). The van der Waals surface area contributed by atoms with Gasteiger partial charge in [0.25, 0.3) is 5.91 Å². The van der Waals surface area contributed by atoms with Crippen LogP contribution in [0.3, 0.4) is 0 Å². The number of urea groups is 1. The van der Waals surface area contributed by atoms with Gasteiger partial charge in [0.15, 0.2) is 0 Å². The van der Waals surface area contributed by atoms with E-state index >= 15 is 0 Å². The molecule has 2 aromatic carbocycles. The van der Waals surface area contributed by atoms with Gasteiger partial charge in [-0.15, -0.1) is 0 Å². The minimum absolute atomic E-state index is 0.0954. The Morgan fingerprint density at radius 1 is 1.03 bits per heavy atom. The van der Waals surface area contributed by atoms with Crippen LogP contribution >= 0.6 is 0 Å². The minimum Gasteiger partial charge on any atom is -0.325 e. The van der Waals surface area contributed by atoms with E-state index in [0.717, 1.165) is 43.2 Å². The van der Waals surface area contributed by atoms with Gasteiger partial charge in [0, 0.05) is 24.0 Å². The molecule has 2 fully saturated rings. The second-order valence-corrected chi connectivity index (χ2v) is 8.44. The number of carbonyl (C=O) groups excluding carboxylic acids is 3. The van der Waals surface area contributed by atoms with Crippen LogP contribution < -0.4 is 10.6 Å². The number of rotatable bonds is 4. The van der Waals surface area contributed by atoms with E-state index in [1.54, 1.807) is 0 Å². The zero-order valence-electron chi connectivity index (χ0n) is 16.4. The largest absolute Gasteiger partial charge is 0.325 e. The first-order chi connectivity index (χ1) is 14.1. The molecule has 0 bridgehead atoms. The molecule has 1 saturated heterocycles. The number of benzene rings is 2. The fourth-order valence-corrected chi connectivity index (χ4v) is 5.16. The van der Waals surface area contributed by atoms with E-state index in [9.17, 15) is 14.4 Å². The maximum Gasteiger partial charge on any atom is 0.325 e. The maximum atomic E-state index is 12.8. The van der Waals surface area contributed by atoms with Gasteiger partial charge in [-0.2, -0.15) is 0 Å². The van der Waals surface area contributed by atoms with Crippen LogP contribution in [0.2, 0.25) is 0 Å². The Kier molecular flexibility index (Phi) is 4.30. The summed E-state index contributed by atoms with van der Waals surface area (Å²) in [7, 11) is 0. The molecule has 2 aliphatic carbocycles. The molecule has 0 atom stereocenters. The smallest absolute Gasteiger partial charge is 0.325 e. The molecule has 1 heterocycles. The van der Waals surface area contributed by atoms with Gasteiger partial charge >= 0.3 is 6.03 Å². The van der Waals surface area contributed by atoms with Gasteiger partial charge in [0.1, 0.15) is 5.54 Å². The average molecular weight is 391 g/mol. The molecule has 4 amide bonds. The SMILES string of the molecule is O=C(CCN1C(=O)NC2(CCCCC2)C1=O)Nc1ccc2c3c(cccc13)CC2. The van der Waals surface area contributed by atoms with Crippen molar-refractivity contribution >= 4 is 34.3 Å². The Bertz CT molecular complexity index is 1010. The lowest BCUT2D eigenvalue weighted by molar-refractivity contribution is -0.132. The van der Waals surface area contributed by atoms with E-state index in [0.29, 0.717) is 12.8 Å². The number of amides is 4. The molecule has 1 aliphatic heterocycles. The number of carbonyl (C=O) groups is 3. The van der Waals surface area contributed by atoms with Crippen molar-refractivity contribution in [3.8, 4) is 0 Å². The van der Waals surface area contributed by atoms with Crippen molar-refractivity contribution in [1.29, 1.82) is 0 Å². The summed E-state index contributed by atoms with van der Waals surface area (Å²) in [5.41, 5.74) is 2.71. The lowest BCUT2D eigenvalue weighted by Crippen LogP contribution is -2.48. The number of anilines is 1. The predicted octanol–water partition coefficient (Wildman–Crippen LogP) is 3.52. The number of hydrogen-bond donors (Lipinski definition) is 2. The molecule has 3 aliphatic rings. The van der Waals surface area contributed by atoms with Crippen molar-refractivity contribution in [2.45, 2.75) is 56.9 Å². The second-order valence-electron chi connectivity index (χ2n) is 8.44. The molecule has 0 radical (unpaired) electrons. The van der Waals surface area contributed by atoms with E-state index in [1.165, 1.54) is 21.4 Å². The Morgan fingerprint density at radius 2 is 1.79 bits per heavy atom. The van der Waals surface area contributed by atoms with Crippen LogP contribution in [0.1, 0.15) is 49.7 Å². The van der Waals surface area contributed by atoms with Crippen LogP contribution in [0.25, 0.3) is 10.8 Å². The molecule has 1 spiro atoms. The average Bonchev–Trinajstić information content (AvgIpc) is 3.24. The molecule has 150 valence electrons. The summed E-state index contributed by atoms with van der Waals surface area (Å²) in [6.45, 7) is 0.111. The van der Waals surface area contributed by atoms with Crippen molar-refractivity contribution < 1.29 is 14.4 Å². The van der Waals surface area contributed by atoms with Crippen LogP contribution in [-0.4, -0.2) is 34.8 Å². The van der Waals surface area contributed by atoms with Gasteiger partial charge in [-0.3, -0.25) is 14.5 Å². The van der Waals surface area contributed by atoms with Crippen LogP contribution in [0.15, 0.2) is 30.3 Å². The van der Waals surface area contributed by atoms with Crippen LogP contribution in [0.4, 0.5) is 10.5 Å². The van der Waals surface area contributed by atoms with Crippen molar-refractivity contribution in [2.24, 2.45) is 0 Å². The van der Waals surface area contributed by atoms with Crippen molar-refractivity contribution in [2.75, 3.05) is 11.9 Å². The van der Waals surface area contributed by atoms with Gasteiger partial charge in [0.05, 0.1) is 0 Å². The monoisotopic (exact) mass is 391 g/mol. The Morgan fingerprint density at radius 3 is 2.59 bits per heavy atom. The van der Waals surface area contributed by atoms with Gasteiger partial charge in [-0.25, -0.2) is 4.79 Å². The minimum atomic E-state index is -0.733. The van der Waals surface area contributed by atoms with Gasteiger partial charge in [-0.05, 0) is 48.3 Å². The van der Waals surface area contributed by atoms with Crippen molar-refractivity contribution in [1.82, 2.24) is 10.2 Å². The molecule has 6 nitrogen and oxygen atoms in total. The number of hydrogen-bond acceptors (Lipinski definition) is 3. The first kappa shape index (κ1) is 18.2. The van der Waals surface area contributed by atoms with Crippen molar-refractivity contribution in [3.05, 3.63) is 41.5 Å². The highest BCUT2D eigenvalue weighted by atomic mass is 16.2. The number of imide groups is 1. The van der Waals surface area contributed by atoms with Crippen LogP contribution in [-0.2, 0) is 22.4 Å². The molecule has 0 aromatic heterocycles. The Balaban J connectivity index is 1.27. The van der Waals surface area contributed by atoms with E-state index < -0.39 is 5.54 Å². The fraction of sp³-hybridized carbons (Fsp3) is 0.435. The molecule has 2 aromatic rings. The zero-order chi connectivity index (χ0) is 20.0. The zero-order valence-corrected chi connectivity index (χ0v) is 16.4. The normalized spacial score (nSPS) is 19.8. The van der Waals surface area contributed by atoms with E-state index in [2.05, 4.69) is 22.8 Å². The number of nitrogens with zero attached hydrogens (tertiary/aromatic N) is 1. The highest BCUT2D eigenvalue weighted by Crippen LogP contribution is 2.35. The molecule has 5 rings (SSSR count). The van der Waals surface area contributed by atoms with Gasteiger partial charge in [-0.1, -0.05) is 43.5 Å². The van der Waals surface area contributed by atoms with Gasteiger partial charge in [0.2, 0.25) is 5.91 Å². The molecular weight excluding hydrogens is 366 g/mol. The summed E-state index contributed by atoms with van der Waals surface area (Å²) in [6.07, 6.45) is 6.56. The van der Waals surface area contributed by atoms with Crippen LogP contribution in [0.5, 0.6) is 0 Å². The summed E-state index contributed by atoms with van der Waals surface area (Å²) >= 11 is 0. The molecule has 6 heteroatoms. The maximum absolute atomic E-state index is 12.8. The van der Waals surface area contributed by atoms with Crippen molar-refractivity contribution in [3.63, 3.8) is 0 Å². The number of nitrogens with one attached hydrogen (secondary N) is 2. The first-order valence-electron chi connectivity index (χ1n) is 10.5. The highest BCUT2D eigenvalue weighted by molar-refractivity contribution is 6.08. The van der Waals surface area contributed by atoms with E-state index in [-0.39, 0.29) is 30.8 Å². The van der Waals surface area contributed by atoms with E-state index in [4.69, 9.17) is 0 Å². The summed E-state index contributed by atoms with van der Waals surface area (Å²) in [5, 5.41) is 8.18. The molecule has 29 heavy (non-hydrogen) atoms. The molecule has 2 N–H and O–H groups in total. The third-order valence-electron chi connectivity index (χ3n) is 6.67. The Hall–Kier alpha value is -2.89. The third kappa shape index (κ3) is 2.98. The summed E-state index contributed by atoms with van der Waals surface area (Å²) < 4.78 is 0. The quantitative estimate of drug-likeness (QED) is 0.783. The van der Waals surface area contributed by atoms with Gasteiger partial charge < -0.3 is 10.6 Å². The second kappa shape index (κ2) is 6.87.